The lowest BCUT2D eigenvalue weighted by Gasteiger charge is -2.22. The molecule has 2 fully saturated rings. The molecular formula is C11H20N2OS. The Balaban J connectivity index is 1.68. The van der Waals surface area contributed by atoms with Crippen molar-refractivity contribution in [3.63, 3.8) is 0 Å². The summed E-state index contributed by atoms with van der Waals surface area (Å²) in [7, 11) is 0. The molecule has 1 aliphatic carbocycles. The summed E-state index contributed by atoms with van der Waals surface area (Å²) in [6.45, 7) is 3.17. The molecule has 0 aromatic carbocycles. The van der Waals surface area contributed by atoms with E-state index in [2.05, 4.69) is 17.6 Å². The number of carbonyl (C=O) groups is 1. The normalized spacial score (nSPS) is 34.9. The van der Waals surface area contributed by atoms with Gasteiger partial charge in [0.05, 0.1) is 6.04 Å². The number of nitrogens with one attached hydrogen (secondary N) is 2. The Morgan fingerprint density at radius 1 is 1.60 bits per heavy atom. The number of rotatable bonds is 4. The van der Waals surface area contributed by atoms with Crippen LogP contribution in [0.15, 0.2) is 0 Å². The Kier molecular flexibility index (Phi) is 3.92. The second-order valence-corrected chi connectivity index (χ2v) is 5.63. The van der Waals surface area contributed by atoms with E-state index in [-0.39, 0.29) is 11.9 Å². The van der Waals surface area contributed by atoms with E-state index in [1.807, 2.05) is 11.8 Å². The van der Waals surface area contributed by atoms with Crippen LogP contribution in [-0.2, 0) is 4.79 Å². The largest absolute Gasteiger partial charge is 0.352 e. The topological polar surface area (TPSA) is 41.1 Å². The summed E-state index contributed by atoms with van der Waals surface area (Å²) < 4.78 is 0. The molecule has 1 aliphatic heterocycles. The van der Waals surface area contributed by atoms with Crippen molar-refractivity contribution in [1.29, 1.82) is 0 Å². The van der Waals surface area contributed by atoms with E-state index in [0.29, 0.717) is 6.04 Å². The molecule has 3 nitrogen and oxygen atoms in total. The van der Waals surface area contributed by atoms with E-state index in [9.17, 15) is 4.79 Å². The summed E-state index contributed by atoms with van der Waals surface area (Å²) in [5.41, 5.74) is 0. The van der Waals surface area contributed by atoms with E-state index >= 15 is 0 Å². The van der Waals surface area contributed by atoms with Crippen LogP contribution < -0.4 is 10.6 Å². The van der Waals surface area contributed by atoms with Crippen molar-refractivity contribution in [1.82, 2.24) is 10.6 Å². The first-order valence-corrected chi connectivity index (χ1v) is 7.08. The molecule has 2 aliphatic rings. The van der Waals surface area contributed by atoms with Crippen LogP contribution >= 0.6 is 11.8 Å². The first-order chi connectivity index (χ1) is 7.31. The van der Waals surface area contributed by atoms with E-state index < -0.39 is 0 Å². The van der Waals surface area contributed by atoms with Gasteiger partial charge in [0.15, 0.2) is 0 Å². The minimum Gasteiger partial charge on any atom is -0.352 e. The average Bonchev–Trinajstić information content (AvgIpc) is 2.98. The predicted octanol–water partition coefficient (Wildman–Crippen LogP) is 0.996. The fraction of sp³-hybridized carbons (Fsp3) is 0.909. The van der Waals surface area contributed by atoms with Crippen LogP contribution in [0.4, 0.5) is 0 Å². The van der Waals surface area contributed by atoms with Crippen LogP contribution in [0.25, 0.3) is 0 Å². The Morgan fingerprint density at radius 3 is 3.13 bits per heavy atom. The van der Waals surface area contributed by atoms with E-state index in [0.717, 1.165) is 24.0 Å². The fourth-order valence-electron chi connectivity index (χ4n) is 2.13. The van der Waals surface area contributed by atoms with Crippen LogP contribution in [0.1, 0.15) is 26.2 Å². The van der Waals surface area contributed by atoms with Gasteiger partial charge in [0.25, 0.3) is 0 Å². The van der Waals surface area contributed by atoms with Gasteiger partial charge in [0.2, 0.25) is 5.91 Å². The third-order valence-electron chi connectivity index (χ3n) is 3.15. The fourth-order valence-corrected chi connectivity index (χ4v) is 3.07. The molecule has 1 saturated carbocycles. The van der Waals surface area contributed by atoms with Gasteiger partial charge < -0.3 is 10.6 Å². The summed E-state index contributed by atoms with van der Waals surface area (Å²) in [6, 6.07) is 0.526. The van der Waals surface area contributed by atoms with Crippen LogP contribution in [0.3, 0.4) is 0 Å². The Morgan fingerprint density at radius 2 is 2.47 bits per heavy atom. The van der Waals surface area contributed by atoms with Gasteiger partial charge in [-0.15, -0.1) is 0 Å². The van der Waals surface area contributed by atoms with E-state index in [1.165, 1.54) is 19.3 Å². The zero-order valence-electron chi connectivity index (χ0n) is 9.29. The highest BCUT2D eigenvalue weighted by Gasteiger charge is 2.38. The van der Waals surface area contributed by atoms with Gasteiger partial charge in [-0.25, -0.2) is 0 Å². The maximum atomic E-state index is 11.8. The molecule has 2 N–H and O–H groups in total. The minimum absolute atomic E-state index is 0.0478. The maximum absolute atomic E-state index is 11.8. The average molecular weight is 228 g/mol. The molecule has 0 bridgehead atoms. The van der Waals surface area contributed by atoms with Gasteiger partial charge in [-0.1, -0.05) is 13.3 Å². The minimum atomic E-state index is 0.0478. The van der Waals surface area contributed by atoms with Gasteiger partial charge in [-0.3, -0.25) is 4.79 Å². The van der Waals surface area contributed by atoms with Crippen LogP contribution in [0, 0.1) is 5.92 Å². The van der Waals surface area contributed by atoms with Crippen molar-refractivity contribution in [2.24, 2.45) is 5.92 Å². The number of hydrogen-bond acceptors (Lipinski definition) is 3. The molecule has 86 valence electrons. The van der Waals surface area contributed by atoms with Crippen LogP contribution in [-0.4, -0.2) is 36.0 Å². The van der Waals surface area contributed by atoms with E-state index in [1.54, 1.807) is 0 Å². The van der Waals surface area contributed by atoms with Crippen molar-refractivity contribution in [2.75, 3.05) is 18.1 Å². The first-order valence-electron chi connectivity index (χ1n) is 5.92. The van der Waals surface area contributed by atoms with Crippen molar-refractivity contribution < 1.29 is 4.79 Å². The predicted molar refractivity (Wildman–Crippen MR) is 64.1 cm³/mol. The highest BCUT2D eigenvalue weighted by molar-refractivity contribution is 7.99. The number of amides is 1. The lowest BCUT2D eigenvalue weighted by molar-refractivity contribution is -0.122. The second-order valence-electron chi connectivity index (χ2n) is 4.48. The van der Waals surface area contributed by atoms with Gasteiger partial charge >= 0.3 is 0 Å². The maximum Gasteiger partial charge on any atom is 0.238 e. The molecular weight excluding hydrogens is 208 g/mol. The molecule has 0 aromatic rings. The van der Waals surface area contributed by atoms with Gasteiger partial charge in [0, 0.05) is 24.1 Å². The summed E-state index contributed by atoms with van der Waals surface area (Å²) in [4.78, 5) is 11.8. The second kappa shape index (κ2) is 5.21. The van der Waals surface area contributed by atoms with Crippen molar-refractivity contribution >= 4 is 17.7 Å². The quantitative estimate of drug-likeness (QED) is 0.754. The first kappa shape index (κ1) is 11.3. The molecule has 15 heavy (non-hydrogen) atoms. The SMILES string of the molecule is CCCC1CC1NC(=O)C1CSCCN1. The summed E-state index contributed by atoms with van der Waals surface area (Å²) in [5.74, 6) is 3.03. The molecule has 0 radical (unpaired) electrons. The summed E-state index contributed by atoms with van der Waals surface area (Å²) in [5, 5.41) is 6.41. The third-order valence-corrected chi connectivity index (χ3v) is 4.21. The van der Waals surface area contributed by atoms with Gasteiger partial charge in [-0.05, 0) is 18.8 Å². The molecule has 1 saturated heterocycles. The van der Waals surface area contributed by atoms with Crippen LogP contribution in [0.5, 0.6) is 0 Å². The highest BCUT2D eigenvalue weighted by Crippen LogP contribution is 2.34. The Labute approximate surface area is 95.8 Å². The lowest BCUT2D eigenvalue weighted by atomic mass is 10.2. The third kappa shape index (κ3) is 3.11. The zero-order chi connectivity index (χ0) is 10.7. The van der Waals surface area contributed by atoms with Gasteiger partial charge in [0.1, 0.15) is 0 Å². The zero-order valence-corrected chi connectivity index (χ0v) is 10.1. The molecule has 2 rings (SSSR count). The molecule has 0 aromatic heterocycles. The lowest BCUT2D eigenvalue weighted by Crippen LogP contribution is -2.49. The monoisotopic (exact) mass is 228 g/mol. The standard InChI is InChI=1S/C11H20N2OS/c1-2-3-8-6-9(8)13-11(14)10-7-15-5-4-12-10/h8-10,12H,2-7H2,1H3,(H,13,14). The number of carbonyl (C=O) groups excluding carboxylic acids is 1. The molecule has 0 spiro atoms. The molecule has 4 heteroatoms. The number of hydrogen-bond donors (Lipinski definition) is 2. The molecule has 1 heterocycles. The molecule has 3 unspecified atom stereocenters. The van der Waals surface area contributed by atoms with Crippen molar-refractivity contribution in [2.45, 2.75) is 38.3 Å². The Bertz CT molecular complexity index is 229. The highest BCUT2D eigenvalue weighted by atomic mass is 32.2. The molecule has 1 amide bonds. The molecule has 3 atom stereocenters. The van der Waals surface area contributed by atoms with E-state index in [4.69, 9.17) is 0 Å². The van der Waals surface area contributed by atoms with Crippen molar-refractivity contribution in [3.8, 4) is 0 Å². The summed E-state index contributed by atoms with van der Waals surface area (Å²) in [6.07, 6.45) is 3.69. The van der Waals surface area contributed by atoms with Crippen molar-refractivity contribution in [3.05, 3.63) is 0 Å². The van der Waals surface area contributed by atoms with Gasteiger partial charge in [-0.2, -0.15) is 11.8 Å². The van der Waals surface area contributed by atoms with Crippen LogP contribution in [0.2, 0.25) is 0 Å². The summed E-state index contributed by atoms with van der Waals surface area (Å²) >= 11 is 1.87. The number of thioether (sulfide) groups is 1. The Hall–Kier alpha value is -0.220. The smallest absolute Gasteiger partial charge is 0.238 e.